The summed E-state index contributed by atoms with van der Waals surface area (Å²) in [7, 11) is -2.10. The maximum atomic E-state index is 12.8. The van der Waals surface area contributed by atoms with Crippen molar-refractivity contribution in [2.45, 2.75) is 44.7 Å². The Morgan fingerprint density at radius 3 is 2.45 bits per heavy atom. The zero-order chi connectivity index (χ0) is 15.3. The molecule has 114 valence electrons. The van der Waals surface area contributed by atoms with Gasteiger partial charge in [-0.15, -0.1) is 0 Å². The molecule has 0 saturated heterocycles. The van der Waals surface area contributed by atoms with Gasteiger partial charge in [-0.1, -0.05) is 13.0 Å². The Labute approximate surface area is 121 Å². The lowest BCUT2D eigenvalue weighted by molar-refractivity contribution is 0.349. The molecule has 0 unspecified atom stereocenters. The van der Waals surface area contributed by atoms with E-state index in [4.69, 9.17) is 10.5 Å². The largest absolute Gasteiger partial charge is 0.495 e. The van der Waals surface area contributed by atoms with Crippen LogP contribution in [-0.4, -0.2) is 32.4 Å². The minimum atomic E-state index is -3.56. The summed E-state index contributed by atoms with van der Waals surface area (Å²) in [6, 6.07) is 4.87. The number of nitrogens with two attached hydrogens (primary N) is 1. The highest BCUT2D eigenvalue weighted by molar-refractivity contribution is 7.89. The van der Waals surface area contributed by atoms with Crippen molar-refractivity contribution < 1.29 is 13.2 Å². The maximum absolute atomic E-state index is 12.8. The highest BCUT2D eigenvalue weighted by Gasteiger charge is 2.29. The van der Waals surface area contributed by atoms with Crippen LogP contribution in [0.4, 0.5) is 0 Å². The fourth-order valence-corrected chi connectivity index (χ4v) is 3.92. The van der Waals surface area contributed by atoms with Crippen molar-refractivity contribution in [2.24, 2.45) is 5.73 Å². The van der Waals surface area contributed by atoms with Crippen LogP contribution in [0.3, 0.4) is 0 Å². The van der Waals surface area contributed by atoms with Gasteiger partial charge in [0.05, 0.1) is 7.11 Å². The fourth-order valence-electron chi connectivity index (χ4n) is 2.05. The number of methoxy groups -OCH3 is 1. The Hall–Kier alpha value is -1.11. The monoisotopic (exact) mass is 300 g/mol. The maximum Gasteiger partial charge on any atom is 0.246 e. The lowest BCUT2D eigenvalue weighted by Gasteiger charge is -2.26. The van der Waals surface area contributed by atoms with E-state index in [0.717, 1.165) is 12.0 Å². The van der Waals surface area contributed by atoms with Gasteiger partial charge in [-0.25, -0.2) is 8.42 Å². The molecule has 0 atom stereocenters. The third-order valence-electron chi connectivity index (χ3n) is 3.07. The molecule has 0 aromatic heterocycles. The van der Waals surface area contributed by atoms with Gasteiger partial charge in [0, 0.05) is 19.1 Å². The molecule has 0 aliphatic carbocycles. The van der Waals surface area contributed by atoms with Crippen LogP contribution in [0.2, 0.25) is 0 Å². The van der Waals surface area contributed by atoms with Gasteiger partial charge in [-0.05, 0) is 38.0 Å². The molecule has 0 aliphatic rings. The molecule has 0 bridgehead atoms. The summed E-state index contributed by atoms with van der Waals surface area (Å²) < 4.78 is 32.2. The van der Waals surface area contributed by atoms with Gasteiger partial charge < -0.3 is 10.5 Å². The van der Waals surface area contributed by atoms with Crippen molar-refractivity contribution in [3.63, 3.8) is 0 Å². The van der Waals surface area contributed by atoms with Crippen LogP contribution >= 0.6 is 0 Å². The number of sulfonamides is 1. The first-order chi connectivity index (χ1) is 9.38. The fraction of sp³-hybridized carbons (Fsp3) is 0.571. The molecule has 20 heavy (non-hydrogen) atoms. The first kappa shape index (κ1) is 16.9. The Balaban J connectivity index is 3.33. The van der Waals surface area contributed by atoms with E-state index in [9.17, 15) is 8.42 Å². The Kier molecular flexibility index (Phi) is 5.98. The SMILES string of the molecule is CCCN(C(C)C)S(=O)(=O)c1ccc(CN)cc1OC. The minimum Gasteiger partial charge on any atom is -0.495 e. The minimum absolute atomic E-state index is 0.0983. The lowest BCUT2D eigenvalue weighted by atomic mass is 10.2. The average Bonchev–Trinajstić information content (AvgIpc) is 2.43. The normalized spacial score (nSPS) is 12.2. The molecule has 0 aliphatic heterocycles. The van der Waals surface area contributed by atoms with E-state index in [1.165, 1.54) is 11.4 Å². The molecule has 2 N–H and O–H groups in total. The molecular formula is C14H24N2O3S. The predicted octanol–water partition coefficient (Wildman–Crippen LogP) is 1.96. The van der Waals surface area contributed by atoms with Gasteiger partial charge >= 0.3 is 0 Å². The number of hydrogen-bond donors (Lipinski definition) is 1. The van der Waals surface area contributed by atoms with Crippen molar-refractivity contribution in [2.75, 3.05) is 13.7 Å². The van der Waals surface area contributed by atoms with Gasteiger partial charge in [0.25, 0.3) is 0 Å². The summed E-state index contributed by atoms with van der Waals surface area (Å²) in [6.45, 7) is 6.53. The zero-order valence-electron chi connectivity index (χ0n) is 12.6. The highest BCUT2D eigenvalue weighted by atomic mass is 32.2. The Bertz CT molecular complexity index is 541. The van der Waals surface area contributed by atoms with E-state index in [-0.39, 0.29) is 10.9 Å². The first-order valence-corrected chi connectivity index (χ1v) is 8.21. The molecule has 0 saturated carbocycles. The van der Waals surface area contributed by atoms with Crippen LogP contribution in [0.15, 0.2) is 23.1 Å². The lowest BCUT2D eigenvalue weighted by Crippen LogP contribution is -2.37. The molecule has 0 heterocycles. The van der Waals surface area contributed by atoms with Gasteiger partial charge in [0.15, 0.2) is 0 Å². The van der Waals surface area contributed by atoms with Crippen LogP contribution in [0.5, 0.6) is 5.75 Å². The van der Waals surface area contributed by atoms with E-state index in [2.05, 4.69) is 0 Å². The number of benzene rings is 1. The second kappa shape index (κ2) is 7.06. The summed E-state index contributed by atoms with van der Waals surface area (Å²) >= 11 is 0. The van der Waals surface area contributed by atoms with E-state index in [1.807, 2.05) is 20.8 Å². The van der Waals surface area contributed by atoms with Gasteiger partial charge in [0.1, 0.15) is 10.6 Å². The number of nitrogens with zero attached hydrogens (tertiary/aromatic N) is 1. The zero-order valence-corrected chi connectivity index (χ0v) is 13.4. The van der Waals surface area contributed by atoms with Crippen molar-refractivity contribution in [3.8, 4) is 5.75 Å². The number of rotatable bonds is 7. The predicted molar refractivity (Wildman–Crippen MR) is 80.2 cm³/mol. The number of ether oxygens (including phenoxy) is 1. The van der Waals surface area contributed by atoms with Crippen LogP contribution in [0.1, 0.15) is 32.8 Å². The van der Waals surface area contributed by atoms with Crippen molar-refractivity contribution in [3.05, 3.63) is 23.8 Å². The molecule has 0 fully saturated rings. The summed E-state index contributed by atoms with van der Waals surface area (Å²) in [5.74, 6) is 0.342. The smallest absolute Gasteiger partial charge is 0.246 e. The second-order valence-corrected chi connectivity index (χ2v) is 6.76. The molecular weight excluding hydrogens is 276 g/mol. The summed E-state index contributed by atoms with van der Waals surface area (Å²) in [5.41, 5.74) is 6.41. The van der Waals surface area contributed by atoms with Crippen LogP contribution in [0.25, 0.3) is 0 Å². The first-order valence-electron chi connectivity index (χ1n) is 6.77. The summed E-state index contributed by atoms with van der Waals surface area (Å²) in [5, 5.41) is 0. The van der Waals surface area contributed by atoms with Crippen molar-refractivity contribution >= 4 is 10.0 Å². The molecule has 6 heteroatoms. The molecule has 1 aromatic rings. The van der Waals surface area contributed by atoms with Gasteiger partial charge in [0.2, 0.25) is 10.0 Å². The quantitative estimate of drug-likeness (QED) is 0.835. The van der Waals surface area contributed by atoms with Crippen molar-refractivity contribution in [1.82, 2.24) is 4.31 Å². The van der Waals surface area contributed by atoms with E-state index < -0.39 is 10.0 Å². The molecule has 5 nitrogen and oxygen atoms in total. The van der Waals surface area contributed by atoms with Crippen molar-refractivity contribution in [1.29, 1.82) is 0 Å². The van der Waals surface area contributed by atoms with Gasteiger partial charge in [-0.2, -0.15) is 4.31 Å². The van der Waals surface area contributed by atoms with Gasteiger partial charge in [-0.3, -0.25) is 0 Å². The topological polar surface area (TPSA) is 72.6 Å². The highest BCUT2D eigenvalue weighted by Crippen LogP contribution is 2.29. The third kappa shape index (κ3) is 3.50. The molecule has 0 radical (unpaired) electrons. The third-order valence-corrected chi connectivity index (χ3v) is 5.19. The Morgan fingerprint density at radius 2 is 2.00 bits per heavy atom. The standard InChI is InChI=1S/C14H24N2O3S/c1-5-8-16(11(2)3)20(17,18)14-7-6-12(10-15)9-13(14)19-4/h6-7,9,11H,5,8,10,15H2,1-4H3. The Morgan fingerprint density at radius 1 is 1.35 bits per heavy atom. The summed E-state index contributed by atoms with van der Waals surface area (Å²) in [6.07, 6.45) is 0.764. The van der Waals surface area contributed by atoms with E-state index >= 15 is 0 Å². The summed E-state index contributed by atoms with van der Waals surface area (Å²) in [4.78, 5) is 0.194. The van der Waals surface area contributed by atoms with Crippen LogP contribution in [0, 0.1) is 0 Å². The molecule has 1 aromatic carbocycles. The van der Waals surface area contributed by atoms with E-state index in [1.54, 1.807) is 18.2 Å². The van der Waals surface area contributed by atoms with E-state index in [0.29, 0.717) is 18.8 Å². The van der Waals surface area contributed by atoms with Crippen LogP contribution in [-0.2, 0) is 16.6 Å². The number of hydrogen-bond acceptors (Lipinski definition) is 4. The second-order valence-electron chi connectivity index (χ2n) is 4.90. The molecule has 1 rings (SSSR count). The molecule has 0 amide bonds. The average molecular weight is 300 g/mol. The van der Waals surface area contributed by atoms with Crippen LogP contribution < -0.4 is 10.5 Å². The molecule has 0 spiro atoms.